The molecule has 0 radical (unpaired) electrons. The highest BCUT2D eigenvalue weighted by Crippen LogP contribution is 2.25. The zero-order valence-electron chi connectivity index (χ0n) is 12.9. The summed E-state index contributed by atoms with van der Waals surface area (Å²) in [4.78, 5) is 0. The Hall–Kier alpha value is -2.00. The van der Waals surface area contributed by atoms with Crippen molar-refractivity contribution >= 4 is 0 Å². The van der Waals surface area contributed by atoms with Crippen molar-refractivity contribution in [3.05, 3.63) is 59.7 Å². The quantitative estimate of drug-likeness (QED) is 0.839. The molecule has 0 heterocycles. The standard InChI is InChI=1S/C18H23NO2/c1-4-13-21-17-11-7-15(8-12-17)18(19-2)14-5-9-16(20-3)10-6-14/h5-12,18-19H,4,13H2,1-3H3. The van der Waals surface area contributed by atoms with Crippen molar-refractivity contribution in [1.82, 2.24) is 5.32 Å². The highest BCUT2D eigenvalue weighted by molar-refractivity contribution is 5.37. The summed E-state index contributed by atoms with van der Waals surface area (Å²) in [6.07, 6.45) is 1.02. The topological polar surface area (TPSA) is 30.5 Å². The lowest BCUT2D eigenvalue weighted by Gasteiger charge is -2.18. The minimum Gasteiger partial charge on any atom is -0.497 e. The summed E-state index contributed by atoms with van der Waals surface area (Å²) >= 11 is 0. The van der Waals surface area contributed by atoms with E-state index in [1.165, 1.54) is 11.1 Å². The van der Waals surface area contributed by atoms with Crippen LogP contribution in [0, 0.1) is 0 Å². The molecule has 1 unspecified atom stereocenters. The van der Waals surface area contributed by atoms with E-state index in [-0.39, 0.29) is 6.04 Å². The molecule has 0 aliphatic carbocycles. The monoisotopic (exact) mass is 285 g/mol. The summed E-state index contributed by atoms with van der Waals surface area (Å²) in [5.41, 5.74) is 2.42. The normalized spacial score (nSPS) is 12.0. The Bertz CT molecular complexity index is 534. The zero-order valence-corrected chi connectivity index (χ0v) is 12.9. The first kappa shape index (κ1) is 15.4. The molecule has 2 aromatic carbocycles. The number of hydrogen-bond acceptors (Lipinski definition) is 3. The Morgan fingerprint density at radius 3 is 1.86 bits per heavy atom. The zero-order chi connectivity index (χ0) is 15.1. The molecule has 1 atom stereocenters. The summed E-state index contributed by atoms with van der Waals surface area (Å²) in [7, 11) is 3.65. The molecule has 0 saturated heterocycles. The maximum atomic E-state index is 5.62. The van der Waals surface area contributed by atoms with Crippen LogP contribution in [0.1, 0.15) is 30.5 Å². The summed E-state index contributed by atoms with van der Waals surface area (Å²) in [6.45, 7) is 2.86. The lowest BCUT2D eigenvalue weighted by Crippen LogP contribution is -2.17. The van der Waals surface area contributed by atoms with E-state index < -0.39 is 0 Å². The van der Waals surface area contributed by atoms with E-state index in [1.54, 1.807) is 7.11 Å². The molecule has 0 spiro atoms. The Morgan fingerprint density at radius 2 is 1.43 bits per heavy atom. The first-order chi connectivity index (χ1) is 10.3. The second-order valence-corrected chi connectivity index (χ2v) is 4.91. The van der Waals surface area contributed by atoms with Crippen LogP contribution in [0.15, 0.2) is 48.5 Å². The van der Waals surface area contributed by atoms with Crippen molar-refractivity contribution in [3.63, 3.8) is 0 Å². The second kappa shape index (κ2) is 7.70. The van der Waals surface area contributed by atoms with Crippen LogP contribution >= 0.6 is 0 Å². The van der Waals surface area contributed by atoms with Crippen molar-refractivity contribution < 1.29 is 9.47 Å². The molecule has 0 aliphatic heterocycles. The number of methoxy groups -OCH3 is 1. The van der Waals surface area contributed by atoms with Gasteiger partial charge in [0.25, 0.3) is 0 Å². The average Bonchev–Trinajstić information content (AvgIpc) is 2.55. The van der Waals surface area contributed by atoms with Crippen LogP contribution in [0.5, 0.6) is 11.5 Å². The van der Waals surface area contributed by atoms with Crippen LogP contribution in [-0.2, 0) is 0 Å². The highest BCUT2D eigenvalue weighted by atomic mass is 16.5. The number of nitrogens with one attached hydrogen (secondary N) is 1. The molecule has 2 rings (SSSR count). The molecule has 0 amide bonds. The van der Waals surface area contributed by atoms with Gasteiger partial charge in [-0.15, -0.1) is 0 Å². The number of hydrogen-bond donors (Lipinski definition) is 1. The van der Waals surface area contributed by atoms with Gasteiger partial charge >= 0.3 is 0 Å². The molecule has 0 aliphatic rings. The lowest BCUT2D eigenvalue weighted by molar-refractivity contribution is 0.317. The third kappa shape index (κ3) is 3.99. The largest absolute Gasteiger partial charge is 0.497 e. The first-order valence-electron chi connectivity index (χ1n) is 7.32. The van der Waals surface area contributed by atoms with E-state index in [0.717, 1.165) is 24.5 Å². The minimum absolute atomic E-state index is 0.163. The van der Waals surface area contributed by atoms with Gasteiger partial charge in [0.2, 0.25) is 0 Å². The van der Waals surface area contributed by atoms with Crippen molar-refractivity contribution in [3.8, 4) is 11.5 Å². The van der Waals surface area contributed by atoms with E-state index in [4.69, 9.17) is 9.47 Å². The molecule has 0 saturated carbocycles. The van der Waals surface area contributed by atoms with Gasteiger partial charge in [0.15, 0.2) is 0 Å². The van der Waals surface area contributed by atoms with Crippen molar-refractivity contribution in [1.29, 1.82) is 0 Å². The van der Waals surface area contributed by atoms with Crippen LogP contribution in [0.2, 0.25) is 0 Å². The van der Waals surface area contributed by atoms with Crippen molar-refractivity contribution in [2.75, 3.05) is 20.8 Å². The van der Waals surface area contributed by atoms with Crippen LogP contribution in [0.25, 0.3) is 0 Å². The van der Waals surface area contributed by atoms with Gasteiger partial charge in [-0.1, -0.05) is 31.2 Å². The molecule has 1 N–H and O–H groups in total. The fourth-order valence-electron chi connectivity index (χ4n) is 2.30. The van der Waals surface area contributed by atoms with Gasteiger partial charge in [-0.2, -0.15) is 0 Å². The van der Waals surface area contributed by atoms with Crippen molar-refractivity contribution in [2.45, 2.75) is 19.4 Å². The minimum atomic E-state index is 0.163. The van der Waals surface area contributed by atoms with Gasteiger partial charge in [0.05, 0.1) is 19.8 Å². The molecule has 112 valence electrons. The second-order valence-electron chi connectivity index (χ2n) is 4.91. The fraction of sp³-hybridized carbons (Fsp3) is 0.333. The fourth-order valence-corrected chi connectivity index (χ4v) is 2.30. The van der Waals surface area contributed by atoms with Gasteiger partial charge < -0.3 is 14.8 Å². The van der Waals surface area contributed by atoms with Gasteiger partial charge in [0, 0.05) is 0 Å². The summed E-state index contributed by atoms with van der Waals surface area (Å²) in [5.74, 6) is 1.79. The number of rotatable bonds is 7. The van der Waals surface area contributed by atoms with E-state index in [9.17, 15) is 0 Å². The average molecular weight is 285 g/mol. The van der Waals surface area contributed by atoms with Crippen molar-refractivity contribution in [2.24, 2.45) is 0 Å². The molecule has 0 bridgehead atoms. The summed E-state index contributed by atoms with van der Waals surface area (Å²) in [6, 6.07) is 16.6. The summed E-state index contributed by atoms with van der Waals surface area (Å²) in [5, 5.41) is 3.35. The van der Waals surface area contributed by atoms with Crippen LogP contribution < -0.4 is 14.8 Å². The van der Waals surface area contributed by atoms with E-state index >= 15 is 0 Å². The SMILES string of the molecule is CCCOc1ccc(C(NC)c2ccc(OC)cc2)cc1. The molecule has 3 nitrogen and oxygen atoms in total. The Kier molecular flexibility index (Phi) is 5.64. The maximum Gasteiger partial charge on any atom is 0.119 e. The van der Waals surface area contributed by atoms with Gasteiger partial charge in [0.1, 0.15) is 11.5 Å². The molecule has 2 aromatic rings. The predicted octanol–water partition coefficient (Wildman–Crippen LogP) is 3.79. The van der Waals surface area contributed by atoms with Gasteiger partial charge in [-0.25, -0.2) is 0 Å². The van der Waals surface area contributed by atoms with Gasteiger partial charge in [-0.3, -0.25) is 0 Å². The maximum absolute atomic E-state index is 5.62. The number of benzene rings is 2. The van der Waals surface area contributed by atoms with Crippen LogP contribution in [0.3, 0.4) is 0 Å². The van der Waals surface area contributed by atoms with E-state index in [2.05, 4.69) is 36.5 Å². The van der Waals surface area contributed by atoms with E-state index in [0.29, 0.717) is 0 Å². The first-order valence-corrected chi connectivity index (χ1v) is 7.32. The highest BCUT2D eigenvalue weighted by Gasteiger charge is 2.12. The molecule has 0 aromatic heterocycles. The Balaban J connectivity index is 2.15. The van der Waals surface area contributed by atoms with Crippen LogP contribution in [-0.4, -0.2) is 20.8 Å². The number of ether oxygens (including phenoxy) is 2. The lowest BCUT2D eigenvalue weighted by atomic mass is 9.99. The predicted molar refractivity (Wildman–Crippen MR) is 86.1 cm³/mol. The molecular weight excluding hydrogens is 262 g/mol. The Labute approximate surface area is 126 Å². The third-order valence-corrected chi connectivity index (χ3v) is 3.42. The van der Waals surface area contributed by atoms with Crippen LogP contribution in [0.4, 0.5) is 0 Å². The smallest absolute Gasteiger partial charge is 0.119 e. The summed E-state index contributed by atoms with van der Waals surface area (Å²) < 4.78 is 10.8. The van der Waals surface area contributed by atoms with Gasteiger partial charge in [-0.05, 0) is 48.9 Å². The molecule has 0 fully saturated rings. The molecule has 3 heteroatoms. The third-order valence-electron chi connectivity index (χ3n) is 3.42. The van der Waals surface area contributed by atoms with E-state index in [1.807, 2.05) is 31.3 Å². The molecular formula is C18H23NO2. The molecule has 21 heavy (non-hydrogen) atoms. The Morgan fingerprint density at radius 1 is 0.905 bits per heavy atom.